The van der Waals surface area contributed by atoms with Gasteiger partial charge in [0.25, 0.3) is 0 Å². The van der Waals surface area contributed by atoms with Gasteiger partial charge in [-0.05, 0) is 48.2 Å². The number of ether oxygens (including phenoxy) is 1. The van der Waals surface area contributed by atoms with E-state index in [-0.39, 0.29) is 5.91 Å². The molecule has 0 aliphatic heterocycles. The molecule has 0 atom stereocenters. The summed E-state index contributed by atoms with van der Waals surface area (Å²) in [6, 6.07) is 7.77. The third kappa shape index (κ3) is 4.21. The molecule has 1 aromatic carbocycles. The third-order valence-corrected chi connectivity index (χ3v) is 4.82. The molecule has 2 aromatic rings. The number of hydrogen-bond acceptors (Lipinski definition) is 3. The van der Waals surface area contributed by atoms with E-state index in [0.717, 1.165) is 15.8 Å². The molecule has 0 radical (unpaired) electrons. The number of benzene rings is 1. The highest BCUT2D eigenvalue weighted by molar-refractivity contribution is 9.10. The first-order valence-electron chi connectivity index (χ1n) is 6.81. The van der Waals surface area contributed by atoms with Crippen molar-refractivity contribution in [2.75, 3.05) is 14.2 Å². The van der Waals surface area contributed by atoms with Crippen molar-refractivity contribution in [3.63, 3.8) is 0 Å². The average molecular weight is 380 g/mol. The fourth-order valence-electron chi connectivity index (χ4n) is 1.98. The lowest BCUT2D eigenvalue weighted by Gasteiger charge is -2.14. The highest BCUT2D eigenvalue weighted by Crippen LogP contribution is 2.24. The molecule has 0 bridgehead atoms. The molecular formula is C17H18BrNO2S. The Morgan fingerprint density at radius 3 is 2.82 bits per heavy atom. The van der Waals surface area contributed by atoms with Gasteiger partial charge in [-0.25, -0.2) is 0 Å². The molecule has 3 nitrogen and oxygen atoms in total. The predicted molar refractivity (Wildman–Crippen MR) is 95.3 cm³/mol. The zero-order chi connectivity index (χ0) is 16.1. The first-order chi connectivity index (χ1) is 10.5. The summed E-state index contributed by atoms with van der Waals surface area (Å²) in [4.78, 5) is 15.2. The molecule has 1 amide bonds. The number of amides is 1. The Balaban J connectivity index is 2.08. The summed E-state index contributed by atoms with van der Waals surface area (Å²) in [5.74, 6) is 0.707. The lowest BCUT2D eigenvalue weighted by Crippen LogP contribution is -2.23. The van der Waals surface area contributed by atoms with Crippen LogP contribution in [0.3, 0.4) is 0 Å². The number of hydrogen-bond donors (Lipinski definition) is 0. The van der Waals surface area contributed by atoms with Gasteiger partial charge in [-0.1, -0.05) is 15.9 Å². The van der Waals surface area contributed by atoms with Crippen LogP contribution in [0.15, 0.2) is 40.2 Å². The van der Waals surface area contributed by atoms with Crippen molar-refractivity contribution in [2.45, 2.75) is 13.5 Å². The number of methoxy groups -OCH3 is 1. The smallest absolute Gasteiger partial charge is 0.246 e. The number of carbonyl (C=O) groups excluding carboxylic acids is 1. The zero-order valence-electron chi connectivity index (χ0n) is 12.8. The molecule has 5 heteroatoms. The summed E-state index contributed by atoms with van der Waals surface area (Å²) >= 11 is 5.10. The topological polar surface area (TPSA) is 29.5 Å². The molecule has 0 aliphatic rings. The molecule has 116 valence electrons. The minimum atomic E-state index is -0.0326. The summed E-state index contributed by atoms with van der Waals surface area (Å²) in [5, 5.41) is 2.05. The van der Waals surface area contributed by atoms with Crippen molar-refractivity contribution < 1.29 is 9.53 Å². The van der Waals surface area contributed by atoms with Crippen molar-refractivity contribution in [3.05, 3.63) is 56.2 Å². The molecule has 0 spiro atoms. The molecule has 0 saturated carbocycles. The van der Waals surface area contributed by atoms with Crippen LogP contribution in [-0.4, -0.2) is 25.0 Å². The number of nitrogens with zero attached hydrogens (tertiary/aromatic N) is 1. The van der Waals surface area contributed by atoms with Crippen molar-refractivity contribution in [2.24, 2.45) is 0 Å². The number of thiophene rings is 1. The van der Waals surface area contributed by atoms with E-state index in [1.807, 2.05) is 30.6 Å². The predicted octanol–water partition coefficient (Wildman–Crippen LogP) is 4.50. The molecule has 0 aliphatic carbocycles. The lowest BCUT2D eigenvalue weighted by atomic mass is 10.2. The highest BCUT2D eigenvalue weighted by atomic mass is 79.9. The fraction of sp³-hybridized carbons (Fsp3) is 0.235. The summed E-state index contributed by atoms with van der Waals surface area (Å²) in [5.41, 5.74) is 2.09. The first-order valence-corrected chi connectivity index (χ1v) is 8.48. The van der Waals surface area contributed by atoms with Gasteiger partial charge in [-0.15, -0.1) is 11.3 Å². The molecule has 22 heavy (non-hydrogen) atoms. The Hall–Kier alpha value is -1.59. The van der Waals surface area contributed by atoms with Crippen molar-refractivity contribution in [1.82, 2.24) is 4.90 Å². The lowest BCUT2D eigenvalue weighted by molar-refractivity contribution is -0.125. The van der Waals surface area contributed by atoms with Gasteiger partial charge in [0, 0.05) is 28.0 Å². The van der Waals surface area contributed by atoms with E-state index in [0.29, 0.717) is 6.54 Å². The zero-order valence-corrected chi connectivity index (χ0v) is 15.2. The molecule has 0 unspecified atom stereocenters. The molecule has 2 rings (SSSR count). The molecule has 0 saturated heterocycles. The van der Waals surface area contributed by atoms with Crippen LogP contribution in [0, 0.1) is 6.92 Å². The van der Waals surface area contributed by atoms with Crippen LogP contribution >= 0.6 is 27.3 Å². The second-order valence-electron chi connectivity index (χ2n) is 4.94. The average Bonchev–Trinajstić information content (AvgIpc) is 2.90. The third-order valence-electron chi connectivity index (χ3n) is 3.32. The number of carbonyl (C=O) groups is 1. The van der Waals surface area contributed by atoms with Crippen molar-refractivity contribution in [3.8, 4) is 5.75 Å². The van der Waals surface area contributed by atoms with Crippen LogP contribution in [0.2, 0.25) is 0 Å². The maximum absolute atomic E-state index is 12.2. The summed E-state index contributed by atoms with van der Waals surface area (Å²) < 4.78 is 6.25. The Morgan fingerprint density at radius 1 is 1.41 bits per heavy atom. The molecule has 0 N–H and O–H groups in total. The second-order valence-corrected chi connectivity index (χ2v) is 6.86. The van der Waals surface area contributed by atoms with E-state index in [4.69, 9.17) is 4.74 Å². The molecule has 1 heterocycles. The van der Waals surface area contributed by atoms with Crippen LogP contribution in [-0.2, 0) is 11.3 Å². The number of likely N-dealkylation sites (N-methyl/N-ethyl adjacent to an activating group) is 1. The number of aryl methyl sites for hydroxylation is 1. The Kier molecular flexibility index (Phi) is 5.80. The highest BCUT2D eigenvalue weighted by Gasteiger charge is 2.09. The summed E-state index contributed by atoms with van der Waals surface area (Å²) in [7, 11) is 3.43. The van der Waals surface area contributed by atoms with Gasteiger partial charge >= 0.3 is 0 Å². The number of rotatable bonds is 5. The van der Waals surface area contributed by atoms with E-state index >= 15 is 0 Å². The number of halogens is 1. The second kappa shape index (κ2) is 7.61. The van der Waals surface area contributed by atoms with Gasteiger partial charge in [0.2, 0.25) is 5.91 Å². The Labute approximate surface area is 143 Å². The van der Waals surface area contributed by atoms with Gasteiger partial charge in [0.1, 0.15) is 5.75 Å². The minimum absolute atomic E-state index is 0.0326. The van der Waals surface area contributed by atoms with Crippen LogP contribution in [0.25, 0.3) is 6.08 Å². The van der Waals surface area contributed by atoms with Crippen LogP contribution < -0.4 is 4.74 Å². The van der Waals surface area contributed by atoms with Gasteiger partial charge in [0.05, 0.1) is 13.7 Å². The van der Waals surface area contributed by atoms with E-state index in [9.17, 15) is 4.79 Å². The van der Waals surface area contributed by atoms with E-state index in [1.54, 1.807) is 35.5 Å². The standard InChI is InChI=1S/C17H18BrNO2S/c1-12-8-9-22-16(12)11-19(2)17(20)7-4-13-10-14(18)5-6-15(13)21-3/h4-10H,11H2,1-3H3/b7-4+. The molecular weight excluding hydrogens is 362 g/mol. The van der Waals surface area contributed by atoms with Crippen molar-refractivity contribution >= 4 is 39.2 Å². The Bertz CT molecular complexity index is 694. The van der Waals surface area contributed by atoms with Crippen LogP contribution in [0.4, 0.5) is 0 Å². The maximum atomic E-state index is 12.2. The molecule has 1 aromatic heterocycles. The van der Waals surface area contributed by atoms with Crippen molar-refractivity contribution in [1.29, 1.82) is 0 Å². The Morgan fingerprint density at radius 2 is 2.18 bits per heavy atom. The van der Waals surface area contributed by atoms with Crippen LogP contribution in [0.1, 0.15) is 16.0 Å². The SMILES string of the molecule is COc1ccc(Br)cc1/C=C/C(=O)N(C)Cc1sccc1C. The van der Waals surface area contributed by atoms with E-state index in [1.165, 1.54) is 10.4 Å². The van der Waals surface area contributed by atoms with Gasteiger partial charge in [-0.3, -0.25) is 4.79 Å². The van der Waals surface area contributed by atoms with E-state index < -0.39 is 0 Å². The normalized spacial score (nSPS) is 10.9. The fourth-order valence-corrected chi connectivity index (χ4v) is 3.32. The van der Waals surface area contributed by atoms with Gasteiger partial charge in [0.15, 0.2) is 0 Å². The first kappa shape index (κ1) is 16.8. The quantitative estimate of drug-likeness (QED) is 0.715. The maximum Gasteiger partial charge on any atom is 0.246 e. The largest absolute Gasteiger partial charge is 0.496 e. The monoisotopic (exact) mass is 379 g/mol. The van der Waals surface area contributed by atoms with Gasteiger partial charge in [-0.2, -0.15) is 0 Å². The summed E-state index contributed by atoms with van der Waals surface area (Å²) in [6.07, 6.45) is 3.36. The van der Waals surface area contributed by atoms with E-state index in [2.05, 4.69) is 28.9 Å². The van der Waals surface area contributed by atoms with Crippen LogP contribution in [0.5, 0.6) is 5.75 Å². The minimum Gasteiger partial charge on any atom is -0.496 e. The molecule has 0 fully saturated rings. The van der Waals surface area contributed by atoms with Gasteiger partial charge < -0.3 is 9.64 Å². The summed E-state index contributed by atoms with van der Waals surface area (Å²) in [6.45, 7) is 2.69.